The molecule has 0 atom stereocenters. The van der Waals surface area contributed by atoms with E-state index in [1.165, 1.54) is 39.1 Å². The Labute approximate surface area is 206 Å². The Morgan fingerprint density at radius 1 is 1.12 bits per heavy atom. The maximum atomic E-state index is 12.6. The Hall–Kier alpha value is -2.49. The summed E-state index contributed by atoms with van der Waals surface area (Å²) in [5.41, 5.74) is 5.57. The summed E-state index contributed by atoms with van der Waals surface area (Å²) < 4.78 is 2.12. The molecule has 1 amide bonds. The third kappa shape index (κ3) is 5.20. The molecule has 1 aromatic carbocycles. The first-order valence-corrected chi connectivity index (χ1v) is 13.6. The van der Waals surface area contributed by atoms with Crippen molar-refractivity contribution >= 4 is 45.5 Å². The van der Waals surface area contributed by atoms with Crippen LogP contribution in [-0.4, -0.2) is 31.4 Å². The van der Waals surface area contributed by atoms with Crippen LogP contribution in [0.15, 0.2) is 40.2 Å². The minimum atomic E-state index is -0.106. The lowest BCUT2D eigenvalue weighted by Crippen LogP contribution is -2.15. The molecular weight excluding hydrogens is 470 g/mol. The van der Waals surface area contributed by atoms with Gasteiger partial charge in [-0.1, -0.05) is 48.5 Å². The van der Waals surface area contributed by atoms with Crippen LogP contribution in [0.2, 0.25) is 0 Å². The Balaban J connectivity index is 1.44. The van der Waals surface area contributed by atoms with Crippen molar-refractivity contribution in [2.45, 2.75) is 52.2 Å². The van der Waals surface area contributed by atoms with E-state index in [1.807, 2.05) is 17.5 Å². The molecule has 0 saturated heterocycles. The first-order chi connectivity index (χ1) is 15.9. The molecule has 33 heavy (non-hydrogen) atoms. The highest BCUT2D eigenvalue weighted by Gasteiger charge is 2.21. The van der Waals surface area contributed by atoms with Crippen molar-refractivity contribution < 1.29 is 4.79 Å². The Bertz CT molecular complexity index is 1250. The van der Waals surface area contributed by atoms with Gasteiger partial charge in [-0.05, 0) is 39.7 Å². The average Bonchev–Trinajstić information content (AvgIpc) is 3.50. The van der Waals surface area contributed by atoms with Gasteiger partial charge in [0, 0.05) is 32.8 Å². The number of thioether (sulfide) groups is 1. The summed E-state index contributed by atoms with van der Waals surface area (Å²) in [6.07, 6.45) is 0.957. The van der Waals surface area contributed by atoms with Crippen molar-refractivity contribution in [1.29, 1.82) is 0 Å². The smallest absolute Gasteiger partial charge is 0.236 e. The fraction of sp³-hybridized carbons (Fsp3) is 0.333. The van der Waals surface area contributed by atoms with Crippen molar-refractivity contribution in [3.8, 4) is 22.6 Å². The highest BCUT2D eigenvalue weighted by atomic mass is 32.2. The lowest BCUT2D eigenvalue weighted by Gasteiger charge is -2.14. The van der Waals surface area contributed by atoms with Gasteiger partial charge in [0.15, 0.2) is 16.1 Å². The number of anilines is 1. The number of aryl methyl sites for hydroxylation is 2. The fourth-order valence-electron chi connectivity index (χ4n) is 3.60. The van der Waals surface area contributed by atoms with Crippen LogP contribution >= 0.6 is 34.4 Å². The van der Waals surface area contributed by atoms with Gasteiger partial charge in [0.25, 0.3) is 0 Å². The molecule has 0 unspecified atom stereocenters. The number of rotatable bonds is 8. The summed E-state index contributed by atoms with van der Waals surface area (Å²) in [7, 11) is 0. The summed E-state index contributed by atoms with van der Waals surface area (Å²) in [5, 5.41) is 17.3. The maximum absolute atomic E-state index is 12.6. The molecule has 3 heterocycles. The second-order valence-electron chi connectivity index (χ2n) is 8.05. The number of thiazole rings is 1. The first-order valence-electron chi connectivity index (χ1n) is 10.8. The number of carbonyl (C=O) groups excluding carboxylic acids is 1. The van der Waals surface area contributed by atoms with E-state index in [0.29, 0.717) is 5.13 Å². The lowest BCUT2D eigenvalue weighted by atomic mass is 10.1. The molecule has 0 radical (unpaired) electrons. The second kappa shape index (κ2) is 10.2. The van der Waals surface area contributed by atoms with Gasteiger partial charge in [0.1, 0.15) is 0 Å². The van der Waals surface area contributed by atoms with Crippen LogP contribution in [0.1, 0.15) is 42.8 Å². The van der Waals surface area contributed by atoms with Crippen LogP contribution in [0.25, 0.3) is 22.6 Å². The normalized spacial score (nSPS) is 11.3. The van der Waals surface area contributed by atoms with Gasteiger partial charge in [0.05, 0.1) is 11.4 Å². The van der Waals surface area contributed by atoms with E-state index in [1.54, 1.807) is 11.3 Å². The molecule has 0 spiro atoms. The summed E-state index contributed by atoms with van der Waals surface area (Å²) in [5.74, 6) is 1.01. The van der Waals surface area contributed by atoms with Crippen LogP contribution in [0.4, 0.5) is 5.13 Å². The molecule has 0 aliphatic rings. The van der Waals surface area contributed by atoms with Gasteiger partial charge in [-0.2, -0.15) is 0 Å². The second-order valence-corrected chi connectivity index (χ2v) is 10.9. The van der Waals surface area contributed by atoms with Crippen molar-refractivity contribution in [1.82, 2.24) is 19.7 Å². The van der Waals surface area contributed by atoms with Crippen LogP contribution in [0.5, 0.6) is 0 Å². The molecule has 0 aliphatic heterocycles. The third-order valence-corrected chi connectivity index (χ3v) is 7.96. The minimum Gasteiger partial charge on any atom is -0.301 e. The monoisotopic (exact) mass is 497 g/mol. The van der Waals surface area contributed by atoms with Gasteiger partial charge < -0.3 is 5.32 Å². The number of amides is 1. The SMILES string of the molecule is CCc1c(-c2nnc(SCC(=O)Nc3nc(-c4ccc(C)cc4)cs3)n2C(C)C)csc1C. The number of nitrogens with zero attached hydrogens (tertiary/aromatic N) is 4. The Morgan fingerprint density at radius 3 is 2.58 bits per heavy atom. The van der Waals surface area contributed by atoms with Crippen LogP contribution in [0.3, 0.4) is 0 Å². The Morgan fingerprint density at radius 2 is 1.88 bits per heavy atom. The van der Waals surface area contributed by atoms with E-state index < -0.39 is 0 Å². The van der Waals surface area contributed by atoms with Gasteiger partial charge in [-0.3, -0.25) is 9.36 Å². The molecule has 0 bridgehead atoms. The minimum absolute atomic E-state index is 0.106. The molecule has 3 aromatic heterocycles. The van der Waals surface area contributed by atoms with Crippen molar-refractivity contribution in [2.24, 2.45) is 0 Å². The predicted molar refractivity (Wildman–Crippen MR) is 139 cm³/mol. The van der Waals surface area contributed by atoms with Crippen LogP contribution in [0, 0.1) is 13.8 Å². The van der Waals surface area contributed by atoms with Gasteiger partial charge >= 0.3 is 0 Å². The van der Waals surface area contributed by atoms with Gasteiger partial charge in [0.2, 0.25) is 5.91 Å². The van der Waals surface area contributed by atoms with Gasteiger partial charge in [-0.25, -0.2) is 4.98 Å². The van der Waals surface area contributed by atoms with E-state index in [0.717, 1.165) is 34.2 Å². The molecule has 9 heteroatoms. The fourth-order valence-corrected chi connectivity index (χ4v) is 6.15. The molecule has 0 aliphatic carbocycles. The number of hydrogen-bond acceptors (Lipinski definition) is 7. The van der Waals surface area contributed by atoms with Crippen LogP contribution < -0.4 is 5.32 Å². The summed E-state index contributed by atoms with van der Waals surface area (Å²) >= 11 is 4.57. The maximum Gasteiger partial charge on any atom is 0.236 e. The average molecular weight is 498 g/mol. The highest BCUT2D eigenvalue weighted by Crippen LogP contribution is 2.34. The summed E-state index contributed by atoms with van der Waals surface area (Å²) in [6, 6.07) is 8.39. The number of aromatic nitrogens is 4. The molecule has 4 aromatic rings. The first kappa shape index (κ1) is 23.7. The van der Waals surface area contributed by atoms with E-state index in [4.69, 9.17) is 0 Å². The number of thiophene rings is 1. The molecule has 0 fully saturated rings. The van der Waals surface area contributed by atoms with E-state index in [2.05, 4.69) is 77.2 Å². The molecule has 0 saturated carbocycles. The number of hydrogen-bond donors (Lipinski definition) is 1. The molecule has 172 valence electrons. The zero-order valence-electron chi connectivity index (χ0n) is 19.4. The zero-order chi connectivity index (χ0) is 23.5. The molecule has 6 nitrogen and oxygen atoms in total. The largest absolute Gasteiger partial charge is 0.301 e. The Kier molecular flexibility index (Phi) is 7.31. The van der Waals surface area contributed by atoms with Crippen molar-refractivity contribution in [2.75, 3.05) is 11.1 Å². The summed E-state index contributed by atoms with van der Waals surface area (Å²) in [4.78, 5) is 18.5. The quantitative estimate of drug-likeness (QED) is 0.277. The standard InChI is InChI=1S/C24H27N5OS3/c1-6-18-16(5)31-11-19(18)22-27-28-24(29(22)14(2)3)33-13-21(30)26-23-25-20(12-32-23)17-9-7-15(4)8-10-17/h7-12,14H,6,13H2,1-5H3,(H,25,26,30). The molecule has 4 rings (SSSR count). The number of nitrogens with one attached hydrogen (secondary N) is 1. The lowest BCUT2D eigenvalue weighted by molar-refractivity contribution is -0.113. The van der Waals surface area contributed by atoms with E-state index in [9.17, 15) is 4.79 Å². The number of benzene rings is 1. The number of carbonyl (C=O) groups is 1. The molecular formula is C24H27N5OS3. The predicted octanol–water partition coefficient (Wildman–Crippen LogP) is 6.62. The zero-order valence-corrected chi connectivity index (χ0v) is 21.8. The van der Waals surface area contributed by atoms with E-state index >= 15 is 0 Å². The molecule has 1 N–H and O–H groups in total. The van der Waals surface area contributed by atoms with Crippen molar-refractivity contribution in [3.63, 3.8) is 0 Å². The van der Waals surface area contributed by atoms with Crippen LogP contribution in [-0.2, 0) is 11.2 Å². The topological polar surface area (TPSA) is 72.7 Å². The highest BCUT2D eigenvalue weighted by molar-refractivity contribution is 7.99. The summed E-state index contributed by atoms with van der Waals surface area (Å²) in [6.45, 7) is 10.6. The van der Waals surface area contributed by atoms with Crippen molar-refractivity contribution in [3.05, 3.63) is 51.0 Å². The van der Waals surface area contributed by atoms with Gasteiger partial charge in [-0.15, -0.1) is 32.9 Å². The third-order valence-electron chi connectivity index (χ3n) is 5.31. The van der Waals surface area contributed by atoms with E-state index in [-0.39, 0.29) is 17.7 Å².